The highest BCUT2D eigenvalue weighted by atomic mass is 15.0. The lowest BCUT2D eigenvalue weighted by Crippen LogP contribution is -2.35. The molecule has 1 heterocycles. The monoisotopic (exact) mass is 246 g/mol. The Labute approximate surface area is 109 Å². The molecule has 4 heteroatoms. The number of nitrogens with one attached hydrogen (secondary N) is 1. The summed E-state index contributed by atoms with van der Waals surface area (Å²) in [6.07, 6.45) is 0.994. The Bertz CT molecular complexity index is 464. The summed E-state index contributed by atoms with van der Waals surface area (Å²) in [5, 5.41) is 12.3. The van der Waals surface area contributed by atoms with Gasteiger partial charge in [0, 0.05) is 5.54 Å². The molecule has 0 spiro atoms. The molecule has 4 nitrogen and oxygen atoms in total. The minimum absolute atomic E-state index is 0.0892. The van der Waals surface area contributed by atoms with Gasteiger partial charge in [-0.1, -0.05) is 20.8 Å². The van der Waals surface area contributed by atoms with Crippen LogP contribution in [0, 0.1) is 16.7 Å². The molecule has 18 heavy (non-hydrogen) atoms. The first-order valence-electron chi connectivity index (χ1n) is 6.08. The van der Waals surface area contributed by atoms with Crippen molar-refractivity contribution in [1.29, 1.82) is 5.26 Å². The van der Waals surface area contributed by atoms with E-state index in [1.807, 2.05) is 6.07 Å². The zero-order chi connectivity index (χ0) is 14.0. The minimum Gasteiger partial charge on any atom is -0.396 e. The van der Waals surface area contributed by atoms with Crippen LogP contribution in [-0.2, 0) is 0 Å². The second kappa shape index (κ2) is 4.85. The molecule has 0 saturated carbocycles. The van der Waals surface area contributed by atoms with Crippen LogP contribution in [0.15, 0.2) is 12.1 Å². The fourth-order valence-electron chi connectivity index (χ4n) is 2.35. The van der Waals surface area contributed by atoms with E-state index in [9.17, 15) is 0 Å². The quantitative estimate of drug-likeness (QED) is 0.859. The molecular formula is C14H22N4. The molecule has 0 atom stereocenters. The number of hydrogen-bond acceptors (Lipinski definition) is 4. The third-order valence-corrected chi connectivity index (χ3v) is 2.47. The van der Waals surface area contributed by atoms with Gasteiger partial charge in [0.2, 0.25) is 0 Å². The van der Waals surface area contributed by atoms with Crippen molar-refractivity contribution in [2.45, 2.75) is 46.6 Å². The molecule has 0 bridgehead atoms. The predicted octanol–water partition coefficient (Wildman–Crippen LogP) is 3.16. The van der Waals surface area contributed by atoms with Crippen LogP contribution in [-0.4, -0.2) is 10.5 Å². The van der Waals surface area contributed by atoms with Gasteiger partial charge in [-0.3, -0.25) is 0 Å². The Kier molecular flexibility index (Phi) is 3.85. The van der Waals surface area contributed by atoms with Crippen molar-refractivity contribution in [2.75, 3.05) is 11.1 Å². The van der Waals surface area contributed by atoms with Gasteiger partial charge in [0.05, 0.1) is 5.69 Å². The normalized spacial score (nSPS) is 12.0. The molecule has 0 aliphatic carbocycles. The lowest BCUT2D eigenvalue weighted by atomic mass is 9.82. The molecule has 0 fully saturated rings. The maximum atomic E-state index is 8.91. The summed E-state index contributed by atoms with van der Waals surface area (Å²) in [5.74, 6) is 0.690. The molecule has 0 aromatic carbocycles. The number of nitrogens with two attached hydrogens (primary N) is 1. The van der Waals surface area contributed by atoms with Gasteiger partial charge in [-0.15, -0.1) is 0 Å². The molecule has 0 saturated heterocycles. The van der Waals surface area contributed by atoms with Crippen molar-refractivity contribution in [2.24, 2.45) is 5.41 Å². The topological polar surface area (TPSA) is 74.7 Å². The van der Waals surface area contributed by atoms with Crippen LogP contribution in [0.5, 0.6) is 0 Å². The first-order valence-corrected chi connectivity index (χ1v) is 6.08. The summed E-state index contributed by atoms with van der Waals surface area (Å²) in [6, 6.07) is 5.51. The smallest absolute Gasteiger partial charge is 0.165 e. The first-order chi connectivity index (χ1) is 8.13. The second-order valence-corrected chi connectivity index (χ2v) is 6.49. The number of nitrogen functional groups attached to an aromatic ring is 1. The Morgan fingerprint density at radius 3 is 2.39 bits per heavy atom. The number of aromatic nitrogens is 1. The van der Waals surface area contributed by atoms with Crippen LogP contribution in [0.2, 0.25) is 0 Å². The maximum absolute atomic E-state index is 8.91. The van der Waals surface area contributed by atoms with Gasteiger partial charge in [0.1, 0.15) is 11.9 Å². The lowest BCUT2D eigenvalue weighted by Gasteiger charge is -2.33. The SMILES string of the molecule is CC(C)(C)CC(C)(C)Nc1ccc(N)c(C#N)n1. The first kappa shape index (κ1) is 14.3. The summed E-state index contributed by atoms with van der Waals surface area (Å²) in [5.41, 5.74) is 6.47. The molecule has 1 rings (SSSR count). The van der Waals surface area contributed by atoms with E-state index in [0.29, 0.717) is 11.5 Å². The Balaban J connectivity index is 2.88. The highest BCUT2D eigenvalue weighted by Gasteiger charge is 2.25. The van der Waals surface area contributed by atoms with Crippen LogP contribution in [0.1, 0.15) is 46.7 Å². The Morgan fingerprint density at radius 2 is 1.89 bits per heavy atom. The third-order valence-electron chi connectivity index (χ3n) is 2.47. The lowest BCUT2D eigenvalue weighted by molar-refractivity contribution is 0.302. The molecule has 1 aromatic heterocycles. The highest BCUT2D eigenvalue weighted by Crippen LogP contribution is 2.29. The van der Waals surface area contributed by atoms with E-state index < -0.39 is 0 Å². The summed E-state index contributed by atoms with van der Waals surface area (Å²) in [6.45, 7) is 10.9. The van der Waals surface area contributed by atoms with Gasteiger partial charge < -0.3 is 11.1 Å². The molecule has 0 aliphatic heterocycles. The molecule has 0 aliphatic rings. The number of rotatable bonds is 3. The summed E-state index contributed by atoms with van der Waals surface area (Å²) in [7, 11) is 0. The number of nitrogens with zero attached hydrogens (tertiary/aromatic N) is 2. The van der Waals surface area contributed by atoms with Gasteiger partial charge in [-0.25, -0.2) is 4.98 Å². The van der Waals surface area contributed by atoms with Gasteiger partial charge in [0.25, 0.3) is 0 Å². The van der Waals surface area contributed by atoms with Crippen molar-refractivity contribution < 1.29 is 0 Å². The van der Waals surface area contributed by atoms with Crippen LogP contribution in [0.25, 0.3) is 0 Å². The molecule has 3 N–H and O–H groups in total. The van der Waals surface area contributed by atoms with E-state index >= 15 is 0 Å². The predicted molar refractivity (Wildman–Crippen MR) is 75.1 cm³/mol. The molecule has 98 valence electrons. The largest absolute Gasteiger partial charge is 0.396 e. The Morgan fingerprint density at radius 1 is 1.28 bits per heavy atom. The van der Waals surface area contributed by atoms with Crippen molar-refractivity contribution in [1.82, 2.24) is 4.98 Å². The van der Waals surface area contributed by atoms with E-state index in [2.05, 4.69) is 44.9 Å². The van der Waals surface area contributed by atoms with E-state index in [1.54, 1.807) is 12.1 Å². The molecule has 0 unspecified atom stereocenters. The number of anilines is 2. The zero-order valence-corrected chi connectivity index (χ0v) is 11.8. The summed E-state index contributed by atoms with van der Waals surface area (Å²) >= 11 is 0. The van der Waals surface area contributed by atoms with E-state index in [-0.39, 0.29) is 16.6 Å². The number of hydrogen-bond donors (Lipinski definition) is 2. The maximum Gasteiger partial charge on any atom is 0.165 e. The van der Waals surface area contributed by atoms with Gasteiger partial charge in [-0.2, -0.15) is 5.26 Å². The van der Waals surface area contributed by atoms with Crippen LogP contribution in [0.4, 0.5) is 11.5 Å². The van der Waals surface area contributed by atoms with E-state index in [4.69, 9.17) is 11.0 Å². The molecule has 0 amide bonds. The van der Waals surface area contributed by atoms with E-state index in [1.165, 1.54) is 0 Å². The fourth-order valence-corrected chi connectivity index (χ4v) is 2.35. The van der Waals surface area contributed by atoms with Crippen LogP contribution < -0.4 is 11.1 Å². The van der Waals surface area contributed by atoms with Gasteiger partial charge in [0.15, 0.2) is 5.69 Å². The molecule has 0 radical (unpaired) electrons. The fraction of sp³-hybridized carbons (Fsp3) is 0.571. The average Bonchev–Trinajstić information content (AvgIpc) is 2.16. The van der Waals surface area contributed by atoms with Crippen molar-refractivity contribution in [3.63, 3.8) is 0 Å². The summed E-state index contributed by atoms with van der Waals surface area (Å²) < 4.78 is 0. The minimum atomic E-state index is -0.0892. The van der Waals surface area contributed by atoms with Crippen LogP contribution >= 0.6 is 0 Å². The summed E-state index contributed by atoms with van der Waals surface area (Å²) in [4.78, 5) is 4.21. The zero-order valence-electron chi connectivity index (χ0n) is 11.8. The Hall–Kier alpha value is -1.76. The van der Waals surface area contributed by atoms with E-state index in [0.717, 1.165) is 6.42 Å². The molecular weight excluding hydrogens is 224 g/mol. The van der Waals surface area contributed by atoms with Gasteiger partial charge >= 0.3 is 0 Å². The van der Waals surface area contributed by atoms with Crippen LogP contribution in [0.3, 0.4) is 0 Å². The third kappa shape index (κ3) is 4.25. The standard InChI is InChI=1S/C14H22N4/c1-13(2,3)9-14(4,5)18-12-7-6-10(16)11(8-15)17-12/h6-7H,9,16H2,1-5H3,(H,17,18). The number of pyridine rings is 1. The van der Waals surface area contributed by atoms with Crippen molar-refractivity contribution >= 4 is 11.5 Å². The van der Waals surface area contributed by atoms with Crippen molar-refractivity contribution in [3.8, 4) is 6.07 Å². The molecule has 1 aromatic rings. The van der Waals surface area contributed by atoms with Gasteiger partial charge in [-0.05, 0) is 37.8 Å². The second-order valence-electron chi connectivity index (χ2n) is 6.49. The van der Waals surface area contributed by atoms with Crippen molar-refractivity contribution in [3.05, 3.63) is 17.8 Å². The number of nitriles is 1. The average molecular weight is 246 g/mol. The highest BCUT2D eigenvalue weighted by molar-refractivity contribution is 5.55.